The summed E-state index contributed by atoms with van der Waals surface area (Å²) in [5.41, 5.74) is -0.269. The maximum Gasteiger partial charge on any atom is 0.335 e. The highest BCUT2D eigenvalue weighted by Gasteiger charge is 2.09. The summed E-state index contributed by atoms with van der Waals surface area (Å²) in [5, 5.41) is 17.2. The summed E-state index contributed by atoms with van der Waals surface area (Å²) in [4.78, 5) is 21.0. The van der Waals surface area contributed by atoms with Gasteiger partial charge in [0.15, 0.2) is 0 Å². The van der Waals surface area contributed by atoms with Gasteiger partial charge in [0.1, 0.15) is 0 Å². The third-order valence-corrected chi connectivity index (χ3v) is 1.61. The monoisotopic (exact) mass is 236 g/mol. The van der Waals surface area contributed by atoms with Gasteiger partial charge in [-0.1, -0.05) is 11.6 Å². The third kappa shape index (κ3) is 2.90. The molecule has 0 aliphatic heterocycles. The molecule has 0 saturated heterocycles. The lowest BCUT2D eigenvalue weighted by atomic mass is 10.1. The minimum Gasteiger partial charge on any atom is -0.478 e. The summed E-state index contributed by atoms with van der Waals surface area (Å²) in [6.07, 6.45) is 0. The molecule has 0 amide bonds. The highest BCUT2D eigenvalue weighted by molar-refractivity contribution is 6.31. The molecular formula is C8H6Cl2O4. The summed E-state index contributed by atoms with van der Waals surface area (Å²) >= 11 is 5.51. The second-order valence-corrected chi connectivity index (χ2v) is 2.78. The van der Waals surface area contributed by atoms with Crippen molar-refractivity contribution in [2.75, 3.05) is 0 Å². The molecule has 0 bridgehead atoms. The highest BCUT2D eigenvalue weighted by Crippen LogP contribution is 2.15. The Hall–Kier alpha value is -1.26. The van der Waals surface area contributed by atoms with E-state index >= 15 is 0 Å². The number of rotatable bonds is 2. The van der Waals surface area contributed by atoms with E-state index in [-0.39, 0.29) is 28.6 Å². The summed E-state index contributed by atoms with van der Waals surface area (Å²) in [5.74, 6) is -2.41. The van der Waals surface area contributed by atoms with Crippen molar-refractivity contribution >= 4 is 35.9 Å². The van der Waals surface area contributed by atoms with Crippen molar-refractivity contribution in [1.29, 1.82) is 0 Å². The smallest absolute Gasteiger partial charge is 0.335 e. The van der Waals surface area contributed by atoms with Crippen LogP contribution in [0.15, 0.2) is 18.2 Å². The number of halogens is 2. The van der Waals surface area contributed by atoms with Gasteiger partial charge in [-0.3, -0.25) is 0 Å². The molecule has 0 aromatic heterocycles. The van der Waals surface area contributed by atoms with Gasteiger partial charge in [-0.05, 0) is 18.2 Å². The van der Waals surface area contributed by atoms with Gasteiger partial charge in [-0.25, -0.2) is 9.59 Å². The molecule has 1 rings (SSSR count). The molecule has 6 heteroatoms. The van der Waals surface area contributed by atoms with Crippen LogP contribution in [0.4, 0.5) is 0 Å². The van der Waals surface area contributed by atoms with E-state index in [0.29, 0.717) is 0 Å². The molecule has 0 aliphatic rings. The Balaban J connectivity index is 0.00000169. The first kappa shape index (κ1) is 12.7. The Morgan fingerprint density at radius 2 is 1.36 bits per heavy atom. The van der Waals surface area contributed by atoms with E-state index in [1.54, 1.807) is 0 Å². The summed E-state index contributed by atoms with van der Waals surface area (Å²) in [6, 6.07) is 3.43. The molecule has 2 N–H and O–H groups in total. The number of hydrogen-bond acceptors (Lipinski definition) is 2. The van der Waals surface area contributed by atoms with Crippen molar-refractivity contribution in [2.45, 2.75) is 0 Å². The first-order valence-corrected chi connectivity index (χ1v) is 3.65. The Kier molecular flexibility index (Phi) is 4.40. The van der Waals surface area contributed by atoms with Gasteiger partial charge in [0, 0.05) is 5.02 Å². The van der Waals surface area contributed by atoms with Gasteiger partial charge >= 0.3 is 11.9 Å². The van der Waals surface area contributed by atoms with Gasteiger partial charge in [0.2, 0.25) is 0 Å². The first-order valence-electron chi connectivity index (χ1n) is 3.28. The predicted molar refractivity (Wildman–Crippen MR) is 52.6 cm³/mol. The molecule has 0 heterocycles. The maximum atomic E-state index is 10.5. The number of carbonyl (C=O) groups is 2. The third-order valence-electron chi connectivity index (χ3n) is 1.39. The van der Waals surface area contributed by atoms with Crippen LogP contribution in [0, 0.1) is 0 Å². The Morgan fingerprint density at radius 3 is 1.64 bits per heavy atom. The quantitative estimate of drug-likeness (QED) is 0.826. The van der Waals surface area contributed by atoms with E-state index in [1.165, 1.54) is 12.1 Å². The fraction of sp³-hybridized carbons (Fsp3) is 0. The average Bonchev–Trinajstić information content (AvgIpc) is 2.03. The topological polar surface area (TPSA) is 74.6 Å². The Bertz CT molecular complexity index is 343. The highest BCUT2D eigenvalue weighted by atomic mass is 35.5. The standard InChI is InChI=1S/C8H5ClO4.ClH/c9-6-2-4(7(10)11)1-5(3-6)8(12)13;/h1-3H,(H,10,11)(H,12,13);1H. The average molecular weight is 237 g/mol. The van der Waals surface area contributed by atoms with Crippen molar-refractivity contribution < 1.29 is 19.8 Å². The van der Waals surface area contributed by atoms with Gasteiger partial charge in [-0.2, -0.15) is 0 Å². The van der Waals surface area contributed by atoms with E-state index in [1.807, 2.05) is 0 Å². The normalized spacial score (nSPS) is 8.93. The lowest BCUT2D eigenvalue weighted by molar-refractivity contribution is 0.0696. The molecule has 0 fully saturated rings. The number of carboxylic acid groups (broad SMARTS) is 2. The largest absolute Gasteiger partial charge is 0.478 e. The van der Waals surface area contributed by atoms with Crippen LogP contribution in [-0.2, 0) is 0 Å². The molecular weight excluding hydrogens is 231 g/mol. The number of hydrogen-bond donors (Lipinski definition) is 2. The van der Waals surface area contributed by atoms with Crippen LogP contribution in [-0.4, -0.2) is 22.2 Å². The zero-order chi connectivity index (χ0) is 10.0. The zero-order valence-electron chi connectivity index (χ0n) is 6.73. The second-order valence-electron chi connectivity index (χ2n) is 2.34. The number of benzene rings is 1. The SMILES string of the molecule is Cl.O=C(O)c1cc(Cl)cc(C(=O)O)c1. The van der Waals surface area contributed by atoms with E-state index in [9.17, 15) is 9.59 Å². The Labute approximate surface area is 90.5 Å². The van der Waals surface area contributed by atoms with Crippen molar-refractivity contribution in [3.05, 3.63) is 34.3 Å². The van der Waals surface area contributed by atoms with Crippen molar-refractivity contribution in [3.63, 3.8) is 0 Å². The molecule has 1 aromatic rings. The van der Waals surface area contributed by atoms with Gasteiger partial charge in [0.25, 0.3) is 0 Å². The molecule has 0 aliphatic carbocycles. The minimum atomic E-state index is -1.20. The first-order chi connectivity index (χ1) is 6.00. The lowest BCUT2D eigenvalue weighted by Gasteiger charge is -1.98. The van der Waals surface area contributed by atoms with Crippen LogP contribution in [0.25, 0.3) is 0 Å². The fourth-order valence-electron chi connectivity index (χ4n) is 0.837. The van der Waals surface area contributed by atoms with E-state index in [2.05, 4.69) is 0 Å². The molecule has 0 spiro atoms. The number of carboxylic acids is 2. The lowest BCUT2D eigenvalue weighted by Crippen LogP contribution is -2.01. The van der Waals surface area contributed by atoms with Gasteiger partial charge < -0.3 is 10.2 Å². The molecule has 14 heavy (non-hydrogen) atoms. The van der Waals surface area contributed by atoms with Crippen molar-refractivity contribution in [3.8, 4) is 0 Å². The van der Waals surface area contributed by atoms with Crippen LogP contribution in [0.3, 0.4) is 0 Å². The fourth-order valence-corrected chi connectivity index (χ4v) is 1.07. The van der Waals surface area contributed by atoms with Crippen LogP contribution >= 0.6 is 24.0 Å². The van der Waals surface area contributed by atoms with Gasteiger partial charge in [-0.15, -0.1) is 12.4 Å². The van der Waals surface area contributed by atoms with E-state index < -0.39 is 11.9 Å². The van der Waals surface area contributed by atoms with Gasteiger partial charge in [0.05, 0.1) is 11.1 Å². The minimum absolute atomic E-state index is 0. The van der Waals surface area contributed by atoms with Crippen molar-refractivity contribution in [2.24, 2.45) is 0 Å². The zero-order valence-corrected chi connectivity index (χ0v) is 8.30. The molecule has 0 atom stereocenters. The van der Waals surface area contributed by atoms with Crippen LogP contribution in [0.2, 0.25) is 5.02 Å². The molecule has 1 aromatic carbocycles. The second kappa shape index (κ2) is 4.83. The molecule has 0 saturated carbocycles. The Morgan fingerprint density at radius 1 is 1.00 bits per heavy atom. The number of aromatic carboxylic acids is 2. The summed E-state index contributed by atoms with van der Waals surface area (Å²) < 4.78 is 0. The molecule has 0 radical (unpaired) electrons. The molecule has 76 valence electrons. The predicted octanol–water partition coefficient (Wildman–Crippen LogP) is 2.16. The van der Waals surface area contributed by atoms with E-state index in [0.717, 1.165) is 6.07 Å². The maximum absolute atomic E-state index is 10.5. The summed E-state index contributed by atoms with van der Waals surface area (Å²) in [7, 11) is 0. The molecule has 4 nitrogen and oxygen atoms in total. The van der Waals surface area contributed by atoms with Crippen LogP contribution in [0.5, 0.6) is 0 Å². The van der Waals surface area contributed by atoms with Crippen LogP contribution in [0.1, 0.15) is 20.7 Å². The van der Waals surface area contributed by atoms with E-state index in [4.69, 9.17) is 21.8 Å². The van der Waals surface area contributed by atoms with Crippen LogP contribution < -0.4 is 0 Å². The molecule has 0 unspecified atom stereocenters. The summed E-state index contributed by atoms with van der Waals surface area (Å²) in [6.45, 7) is 0. The van der Waals surface area contributed by atoms with Crippen molar-refractivity contribution in [1.82, 2.24) is 0 Å².